The third-order valence-electron chi connectivity index (χ3n) is 3.63. The van der Waals surface area contributed by atoms with Gasteiger partial charge >= 0.3 is 0 Å². The molecule has 21 heavy (non-hydrogen) atoms. The van der Waals surface area contributed by atoms with Crippen molar-refractivity contribution in [2.24, 2.45) is 5.73 Å². The van der Waals surface area contributed by atoms with Gasteiger partial charge in [-0.3, -0.25) is 0 Å². The Kier molecular flexibility index (Phi) is 5.03. The van der Waals surface area contributed by atoms with Gasteiger partial charge in [0.1, 0.15) is 12.4 Å². The topological polar surface area (TPSA) is 35.2 Å². The summed E-state index contributed by atoms with van der Waals surface area (Å²) in [6, 6.07) is 16.7. The Morgan fingerprint density at radius 2 is 1.67 bits per heavy atom. The Labute approximate surface area is 127 Å². The predicted octanol–water partition coefficient (Wildman–Crippen LogP) is 4.06. The normalized spacial score (nSPS) is 11.4. The lowest BCUT2D eigenvalue weighted by Crippen LogP contribution is -2.11. The maximum absolute atomic E-state index is 5.97. The third kappa shape index (κ3) is 4.33. The molecule has 0 amide bonds. The highest BCUT2D eigenvalue weighted by atomic mass is 16.5. The third-order valence-corrected chi connectivity index (χ3v) is 3.63. The first-order valence-electron chi connectivity index (χ1n) is 7.51. The van der Waals surface area contributed by atoms with Gasteiger partial charge in [-0.25, -0.2) is 0 Å². The minimum absolute atomic E-state index is 0.136. The molecule has 0 saturated carbocycles. The summed E-state index contributed by atoms with van der Waals surface area (Å²) in [7, 11) is 0. The summed E-state index contributed by atoms with van der Waals surface area (Å²) in [6.45, 7) is 7.88. The number of hydrogen-bond donors (Lipinski definition) is 1. The van der Waals surface area contributed by atoms with Crippen molar-refractivity contribution in [1.29, 1.82) is 0 Å². The van der Waals surface area contributed by atoms with Crippen LogP contribution in [0.5, 0.6) is 5.75 Å². The van der Waals surface area contributed by atoms with E-state index in [2.05, 4.69) is 57.2 Å². The van der Waals surface area contributed by atoms with E-state index in [4.69, 9.17) is 10.5 Å². The minimum Gasteiger partial charge on any atom is -0.489 e. The van der Waals surface area contributed by atoms with Crippen LogP contribution in [0.2, 0.25) is 0 Å². The molecule has 0 bridgehead atoms. The monoisotopic (exact) mass is 283 g/mol. The molecule has 2 aromatic carbocycles. The molecule has 0 aromatic heterocycles. The molecule has 0 fully saturated rings. The fraction of sp³-hybridized carbons (Fsp3) is 0.368. The van der Waals surface area contributed by atoms with Crippen molar-refractivity contribution in [2.75, 3.05) is 6.54 Å². The van der Waals surface area contributed by atoms with Gasteiger partial charge in [-0.2, -0.15) is 0 Å². The molecule has 0 atom stereocenters. The van der Waals surface area contributed by atoms with Gasteiger partial charge in [-0.05, 0) is 47.2 Å². The van der Waals surface area contributed by atoms with Crippen molar-refractivity contribution in [2.45, 2.75) is 39.2 Å². The van der Waals surface area contributed by atoms with Crippen molar-refractivity contribution in [3.63, 3.8) is 0 Å². The van der Waals surface area contributed by atoms with Gasteiger partial charge in [-0.1, -0.05) is 57.2 Å². The smallest absolute Gasteiger partial charge is 0.120 e. The maximum atomic E-state index is 5.97. The van der Waals surface area contributed by atoms with Gasteiger partial charge in [-0.15, -0.1) is 0 Å². The van der Waals surface area contributed by atoms with E-state index >= 15 is 0 Å². The number of ether oxygens (including phenoxy) is 1. The van der Waals surface area contributed by atoms with E-state index in [1.54, 1.807) is 0 Å². The first kappa shape index (κ1) is 15.6. The first-order valence-corrected chi connectivity index (χ1v) is 7.51. The Bertz CT molecular complexity index is 584. The molecule has 0 spiro atoms. The van der Waals surface area contributed by atoms with Crippen molar-refractivity contribution >= 4 is 0 Å². The Morgan fingerprint density at radius 1 is 0.952 bits per heavy atom. The molecule has 2 aromatic rings. The average molecular weight is 283 g/mol. The summed E-state index contributed by atoms with van der Waals surface area (Å²) in [6.07, 6.45) is 0.890. The first-order chi connectivity index (χ1) is 10.0. The lowest BCUT2D eigenvalue weighted by atomic mass is 9.87. The zero-order valence-electron chi connectivity index (χ0n) is 13.2. The molecular weight excluding hydrogens is 258 g/mol. The molecule has 0 aliphatic heterocycles. The Hall–Kier alpha value is -1.80. The fourth-order valence-corrected chi connectivity index (χ4v) is 2.31. The van der Waals surface area contributed by atoms with Crippen molar-refractivity contribution in [3.05, 3.63) is 65.2 Å². The van der Waals surface area contributed by atoms with Crippen LogP contribution in [0.25, 0.3) is 0 Å². The predicted molar refractivity (Wildman–Crippen MR) is 88.7 cm³/mol. The number of nitrogens with two attached hydrogens (primary N) is 1. The van der Waals surface area contributed by atoms with Gasteiger partial charge < -0.3 is 10.5 Å². The molecule has 0 saturated heterocycles. The van der Waals surface area contributed by atoms with Crippen molar-refractivity contribution in [3.8, 4) is 5.75 Å². The molecular formula is C19H25NO. The van der Waals surface area contributed by atoms with E-state index in [0.717, 1.165) is 12.2 Å². The molecule has 2 rings (SSSR count). The lowest BCUT2D eigenvalue weighted by molar-refractivity contribution is 0.304. The second kappa shape index (κ2) is 6.77. The number of rotatable bonds is 5. The molecule has 0 radical (unpaired) electrons. The molecule has 0 aliphatic carbocycles. The molecule has 112 valence electrons. The lowest BCUT2D eigenvalue weighted by Gasteiger charge is -2.20. The fourth-order valence-electron chi connectivity index (χ4n) is 2.31. The number of benzene rings is 2. The zero-order chi connectivity index (χ0) is 15.3. The summed E-state index contributed by atoms with van der Waals surface area (Å²) in [5, 5.41) is 0. The van der Waals surface area contributed by atoms with E-state index < -0.39 is 0 Å². The van der Waals surface area contributed by atoms with Crippen LogP contribution >= 0.6 is 0 Å². The standard InChI is InChI=1S/C19H25NO/c1-19(2,3)17-9-6-10-18(13-17)21-14-16-8-5-4-7-15(16)11-12-20/h4-10,13H,11-12,14,20H2,1-3H3. The van der Waals surface area contributed by atoms with Crippen LogP contribution < -0.4 is 10.5 Å². The van der Waals surface area contributed by atoms with E-state index in [-0.39, 0.29) is 5.41 Å². The molecule has 2 N–H and O–H groups in total. The highest BCUT2D eigenvalue weighted by Crippen LogP contribution is 2.26. The minimum atomic E-state index is 0.136. The van der Waals surface area contributed by atoms with Gasteiger partial charge in [0.05, 0.1) is 0 Å². The van der Waals surface area contributed by atoms with Gasteiger partial charge in [0.15, 0.2) is 0 Å². The van der Waals surface area contributed by atoms with E-state index in [9.17, 15) is 0 Å². The largest absolute Gasteiger partial charge is 0.489 e. The van der Waals surface area contributed by atoms with E-state index in [0.29, 0.717) is 13.2 Å². The summed E-state index contributed by atoms with van der Waals surface area (Å²) in [4.78, 5) is 0. The van der Waals surface area contributed by atoms with Gasteiger partial charge in [0.2, 0.25) is 0 Å². The van der Waals surface area contributed by atoms with Crippen molar-refractivity contribution < 1.29 is 4.74 Å². The summed E-state index contributed by atoms with van der Waals surface area (Å²) < 4.78 is 5.97. The van der Waals surface area contributed by atoms with Crippen LogP contribution in [0, 0.1) is 0 Å². The molecule has 0 aliphatic rings. The average Bonchev–Trinajstić information content (AvgIpc) is 2.46. The van der Waals surface area contributed by atoms with Crippen LogP contribution in [0.3, 0.4) is 0 Å². The summed E-state index contributed by atoms with van der Waals surface area (Å²) >= 11 is 0. The second-order valence-corrected chi connectivity index (χ2v) is 6.37. The van der Waals surface area contributed by atoms with Crippen LogP contribution in [0.15, 0.2) is 48.5 Å². The summed E-state index contributed by atoms with van der Waals surface area (Å²) in [5.41, 5.74) is 9.57. The van der Waals surface area contributed by atoms with Gasteiger partial charge in [0.25, 0.3) is 0 Å². The molecule has 0 heterocycles. The van der Waals surface area contributed by atoms with Crippen LogP contribution in [-0.4, -0.2) is 6.54 Å². The zero-order valence-corrected chi connectivity index (χ0v) is 13.2. The SMILES string of the molecule is CC(C)(C)c1cccc(OCc2ccccc2CCN)c1. The molecule has 2 heteroatoms. The van der Waals surface area contributed by atoms with Gasteiger partial charge in [0, 0.05) is 0 Å². The highest BCUT2D eigenvalue weighted by molar-refractivity contribution is 5.33. The van der Waals surface area contributed by atoms with Crippen LogP contribution in [0.4, 0.5) is 0 Å². The quantitative estimate of drug-likeness (QED) is 0.898. The number of hydrogen-bond acceptors (Lipinski definition) is 2. The van der Waals surface area contributed by atoms with E-state index in [1.165, 1.54) is 16.7 Å². The Balaban J connectivity index is 2.10. The summed E-state index contributed by atoms with van der Waals surface area (Å²) in [5.74, 6) is 0.921. The molecule has 0 unspecified atom stereocenters. The van der Waals surface area contributed by atoms with Crippen molar-refractivity contribution in [1.82, 2.24) is 0 Å². The van der Waals surface area contributed by atoms with Crippen LogP contribution in [0.1, 0.15) is 37.5 Å². The second-order valence-electron chi connectivity index (χ2n) is 6.37. The molecule has 2 nitrogen and oxygen atoms in total. The maximum Gasteiger partial charge on any atom is 0.120 e. The Morgan fingerprint density at radius 3 is 2.33 bits per heavy atom. The van der Waals surface area contributed by atoms with Crippen LogP contribution in [-0.2, 0) is 18.4 Å². The van der Waals surface area contributed by atoms with E-state index in [1.807, 2.05) is 12.1 Å². The highest BCUT2D eigenvalue weighted by Gasteiger charge is 2.14.